The Morgan fingerprint density at radius 2 is 1.86 bits per heavy atom. The highest BCUT2D eigenvalue weighted by Crippen LogP contribution is 2.25. The lowest BCUT2D eigenvalue weighted by atomic mass is 10.1. The number of methoxy groups -OCH3 is 1. The van der Waals surface area contributed by atoms with Crippen molar-refractivity contribution < 1.29 is 22.7 Å². The van der Waals surface area contributed by atoms with Crippen molar-refractivity contribution in [2.75, 3.05) is 53.4 Å². The van der Waals surface area contributed by atoms with Gasteiger partial charge in [-0.2, -0.15) is 0 Å². The van der Waals surface area contributed by atoms with Gasteiger partial charge >= 0.3 is 0 Å². The van der Waals surface area contributed by atoms with E-state index < -0.39 is 10.0 Å². The minimum atomic E-state index is -3.76. The molecular weight excluding hydrogens is 384 g/mol. The summed E-state index contributed by atoms with van der Waals surface area (Å²) < 4.78 is 31.7. The van der Waals surface area contributed by atoms with Gasteiger partial charge in [-0.1, -0.05) is 6.92 Å². The molecule has 1 aromatic carbocycles. The molecule has 0 unspecified atom stereocenters. The van der Waals surface area contributed by atoms with E-state index in [1.54, 1.807) is 11.0 Å². The van der Waals surface area contributed by atoms with E-state index in [9.17, 15) is 18.0 Å². The number of sulfonamides is 1. The Balaban J connectivity index is 2.04. The third-order valence-electron chi connectivity index (χ3n) is 4.57. The zero-order valence-electron chi connectivity index (χ0n) is 16.5. The first-order chi connectivity index (χ1) is 13.3. The van der Waals surface area contributed by atoms with Crippen LogP contribution in [-0.2, 0) is 14.8 Å². The van der Waals surface area contributed by atoms with Crippen molar-refractivity contribution in [1.29, 1.82) is 0 Å². The van der Waals surface area contributed by atoms with Crippen molar-refractivity contribution in [2.24, 2.45) is 0 Å². The van der Waals surface area contributed by atoms with E-state index in [-0.39, 0.29) is 28.0 Å². The smallest absolute Gasteiger partial charge is 0.253 e. The summed E-state index contributed by atoms with van der Waals surface area (Å²) in [7, 11) is -1.08. The van der Waals surface area contributed by atoms with Gasteiger partial charge in [0.1, 0.15) is 10.6 Å². The number of ether oxygens (including phenoxy) is 1. The fraction of sp³-hybridized carbons (Fsp3) is 0.556. The molecule has 0 spiro atoms. The molecule has 1 aliphatic rings. The first-order valence-electron chi connectivity index (χ1n) is 9.22. The van der Waals surface area contributed by atoms with Gasteiger partial charge in [0.2, 0.25) is 15.9 Å². The van der Waals surface area contributed by atoms with Gasteiger partial charge in [-0.25, -0.2) is 13.1 Å². The van der Waals surface area contributed by atoms with E-state index in [4.69, 9.17) is 4.74 Å². The Hall–Kier alpha value is -2.17. The zero-order valence-corrected chi connectivity index (χ0v) is 17.3. The lowest BCUT2D eigenvalue weighted by Crippen LogP contribution is -2.51. The highest BCUT2D eigenvalue weighted by Gasteiger charge is 2.25. The van der Waals surface area contributed by atoms with Crippen LogP contribution in [0, 0.1) is 0 Å². The van der Waals surface area contributed by atoms with Crippen molar-refractivity contribution in [3.05, 3.63) is 23.8 Å². The summed E-state index contributed by atoms with van der Waals surface area (Å²) in [5.74, 6) is -0.0854. The van der Waals surface area contributed by atoms with Crippen LogP contribution >= 0.6 is 0 Å². The summed E-state index contributed by atoms with van der Waals surface area (Å²) in [6, 6.07) is 4.36. The number of benzene rings is 1. The Kier molecular flexibility index (Phi) is 7.78. The normalized spacial score (nSPS) is 15.3. The molecule has 2 rings (SSSR count). The Morgan fingerprint density at radius 3 is 2.43 bits per heavy atom. The molecule has 9 nitrogen and oxygen atoms in total. The van der Waals surface area contributed by atoms with E-state index >= 15 is 0 Å². The number of nitrogens with zero attached hydrogens (tertiary/aromatic N) is 2. The summed E-state index contributed by atoms with van der Waals surface area (Å²) in [6.45, 7) is 5.09. The summed E-state index contributed by atoms with van der Waals surface area (Å²) in [6.07, 6.45) is 0.890. The van der Waals surface area contributed by atoms with Gasteiger partial charge < -0.3 is 15.0 Å². The van der Waals surface area contributed by atoms with Crippen molar-refractivity contribution >= 4 is 21.8 Å². The molecule has 0 atom stereocenters. The second kappa shape index (κ2) is 9.85. The van der Waals surface area contributed by atoms with Crippen molar-refractivity contribution in [1.82, 2.24) is 19.8 Å². The molecule has 2 amide bonds. The molecule has 2 N–H and O–H groups in total. The van der Waals surface area contributed by atoms with E-state index in [1.165, 1.54) is 26.3 Å². The van der Waals surface area contributed by atoms with Crippen molar-refractivity contribution in [3.63, 3.8) is 0 Å². The van der Waals surface area contributed by atoms with Crippen molar-refractivity contribution in [2.45, 2.75) is 18.2 Å². The molecule has 1 fully saturated rings. The number of rotatable bonds is 8. The van der Waals surface area contributed by atoms with Gasteiger partial charge in [0.05, 0.1) is 13.7 Å². The van der Waals surface area contributed by atoms with Crippen LogP contribution in [0.4, 0.5) is 0 Å². The minimum absolute atomic E-state index is 0.0151. The molecule has 1 aliphatic heterocycles. The number of carbonyl (C=O) groups is 2. The molecule has 0 aliphatic carbocycles. The molecule has 0 saturated carbocycles. The van der Waals surface area contributed by atoms with Crippen LogP contribution in [0.15, 0.2) is 23.1 Å². The fourth-order valence-corrected chi connectivity index (χ4v) is 3.86. The maximum atomic E-state index is 12.8. The minimum Gasteiger partial charge on any atom is -0.495 e. The van der Waals surface area contributed by atoms with E-state index in [0.717, 1.165) is 6.42 Å². The standard InChI is InChI=1S/C18H28N4O5S/c1-4-7-20-17(23)13-21-8-10-22(11-9-21)18(24)14-5-6-15(27-3)16(12-14)28(25,26)19-2/h5-6,12,19H,4,7-11,13H2,1-3H3,(H,20,23). The SMILES string of the molecule is CCCNC(=O)CN1CCN(C(=O)c2ccc(OC)c(S(=O)(=O)NC)c2)CC1. The lowest BCUT2D eigenvalue weighted by Gasteiger charge is -2.34. The molecule has 10 heteroatoms. The predicted octanol–water partition coefficient (Wildman–Crippen LogP) is -0.113. The molecule has 1 aromatic rings. The average molecular weight is 413 g/mol. The summed E-state index contributed by atoms with van der Waals surface area (Å²) in [5, 5.41) is 2.84. The monoisotopic (exact) mass is 412 g/mol. The number of hydrogen-bond acceptors (Lipinski definition) is 6. The van der Waals surface area contributed by atoms with E-state index in [2.05, 4.69) is 10.0 Å². The third-order valence-corrected chi connectivity index (χ3v) is 6.00. The molecule has 0 radical (unpaired) electrons. The van der Waals surface area contributed by atoms with Crippen LogP contribution in [0.5, 0.6) is 5.75 Å². The van der Waals surface area contributed by atoms with Gasteiger partial charge in [-0.15, -0.1) is 0 Å². The van der Waals surface area contributed by atoms with Gasteiger partial charge in [0.25, 0.3) is 5.91 Å². The van der Waals surface area contributed by atoms with Gasteiger partial charge in [0, 0.05) is 38.3 Å². The lowest BCUT2D eigenvalue weighted by molar-refractivity contribution is -0.122. The summed E-state index contributed by atoms with van der Waals surface area (Å²) in [5.41, 5.74) is 0.281. The molecule has 1 saturated heterocycles. The number of amides is 2. The summed E-state index contributed by atoms with van der Waals surface area (Å²) in [4.78, 5) is 28.2. The Morgan fingerprint density at radius 1 is 1.18 bits per heavy atom. The van der Waals surface area contributed by atoms with E-state index in [1.807, 2.05) is 11.8 Å². The second-order valence-electron chi connectivity index (χ2n) is 6.49. The molecule has 0 aromatic heterocycles. The maximum absolute atomic E-state index is 12.8. The second-order valence-corrected chi connectivity index (χ2v) is 8.35. The highest BCUT2D eigenvalue weighted by molar-refractivity contribution is 7.89. The number of nitrogens with one attached hydrogen (secondary N) is 2. The highest BCUT2D eigenvalue weighted by atomic mass is 32.2. The molecule has 1 heterocycles. The van der Waals surface area contributed by atoms with Gasteiger partial charge in [-0.05, 0) is 31.7 Å². The topological polar surface area (TPSA) is 108 Å². The summed E-state index contributed by atoms with van der Waals surface area (Å²) >= 11 is 0. The zero-order chi connectivity index (χ0) is 20.7. The van der Waals surface area contributed by atoms with Crippen LogP contribution in [0.2, 0.25) is 0 Å². The third kappa shape index (κ3) is 5.43. The number of piperazine rings is 1. The molecule has 156 valence electrons. The predicted molar refractivity (Wildman–Crippen MR) is 105 cm³/mol. The Labute approximate surface area is 166 Å². The molecule has 0 bridgehead atoms. The largest absolute Gasteiger partial charge is 0.495 e. The first-order valence-corrected chi connectivity index (χ1v) is 10.7. The molecular formula is C18H28N4O5S. The number of carbonyl (C=O) groups excluding carboxylic acids is 2. The quantitative estimate of drug-likeness (QED) is 0.617. The van der Waals surface area contributed by atoms with Gasteiger partial charge in [0.15, 0.2) is 0 Å². The maximum Gasteiger partial charge on any atom is 0.253 e. The van der Waals surface area contributed by atoms with Crippen LogP contribution in [0.25, 0.3) is 0 Å². The van der Waals surface area contributed by atoms with Crippen LogP contribution < -0.4 is 14.8 Å². The van der Waals surface area contributed by atoms with Crippen LogP contribution in [0.3, 0.4) is 0 Å². The molecule has 28 heavy (non-hydrogen) atoms. The van der Waals surface area contributed by atoms with Crippen LogP contribution in [-0.4, -0.2) is 83.5 Å². The van der Waals surface area contributed by atoms with E-state index in [0.29, 0.717) is 39.3 Å². The van der Waals surface area contributed by atoms with Crippen molar-refractivity contribution in [3.8, 4) is 5.75 Å². The van der Waals surface area contributed by atoms with Gasteiger partial charge in [-0.3, -0.25) is 14.5 Å². The average Bonchev–Trinajstić information content (AvgIpc) is 2.71. The first kappa shape index (κ1) is 22.1. The number of hydrogen-bond donors (Lipinski definition) is 2. The Bertz CT molecular complexity index is 804. The van der Waals surface area contributed by atoms with Crippen LogP contribution in [0.1, 0.15) is 23.7 Å². The fourth-order valence-electron chi connectivity index (χ4n) is 2.94.